The predicted molar refractivity (Wildman–Crippen MR) is 90.4 cm³/mol. The highest BCUT2D eigenvalue weighted by Crippen LogP contribution is 2.24. The highest BCUT2D eigenvalue weighted by molar-refractivity contribution is 7.98. The second kappa shape index (κ2) is 7.31. The van der Waals surface area contributed by atoms with Gasteiger partial charge < -0.3 is 9.73 Å². The van der Waals surface area contributed by atoms with Gasteiger partial charge in [-0.1, -0.05) is 23.9 Å². The fourth-order valence-corrected chi connectivity index (χ4v) is 2.70. The molecule has 2 aromatic heterocycles. The Kier molecular flexibility index (Phi) is 4.96. The van der Waals surface area contributed by atoms with E-state index in [-0.39, 0.29) is 17.5 Å². The van der Waals surface area contributed by atoms with Gasteiger partial charge in [-0.25, -0.2) is 4.39 Å². The average Bonchev–Trinajstić information content (AvgIpc) is 3.10. The molecular weight excluding hydrogens is 327 g/mol. The first-order valence-electron chi connectivity index (χ1n) is 7.27. The molecule has 1 unspecified atom stereocenters. The molecule has 4 nitrogen and oxygen atoms in total. The Morgan fingerprint density at radius 2 is 1.75 bits per heavy atom. The van der Waals surface area contributed by atoms with Crippen molar-refractivity contribution >= 4 is 17.7 Å². The van der Waals surface area contributed by atoms with Gasteiger partial charge in [0.25, 0.3) is 5.91 Å². The molecule has 0 aliphatic carbocycles. The van der Waals surface area contributed by atoms with Crippen LogP contribution in [0.5, 0.6) is 0 Å². The van der Waals surface area contributed by atoms with Gasteiger partial charge in [0.05, 0.1) is 6.04 Å². The topological polar surface area (TPSA) is 55.1 Å². The minimum absolute atomic E-state index is 0.237. The average molecular weight is 342 g/mol. The van der Waals surface area contributed by atoms with Crippen LogP contribution >= 0.6 is 11.8 Å². The summed E-state index contributed by atoms with van der Waals surface area (Å²) in [7, 11) is 0. The summed E-state index contributed by atoms with van der Waals surface area (Å²) in [4.78, 5) is 16.5. The van der Waals surface area contributed by atoms with Crippen LogP contribution in [0.2, 0.25) is 0 Å². The molecule has 2 heterocycles. The molecule has 3 aromatic rings. The van der Waals surface area contributed by atoms with Crippen molar-refractivity contribution in [2.75, 3.05) is 6.26 Å². The van der Waals surface area contributed by atoms with Crippen molar-refractivity contribution in [2.24, 2.45) is 0 Å². The second-order valence-electron chi connectivity index (χ2n) is 5.06. The van der Waals surface area contributed by atoms with Crippen molar-refractivity contribution in [3.63, 3.8) is 0 Å². The van der Waals surface area contributed by atoms with Crippen LogP contribution in [0.3, 0.4) is 0 Å². The number of nitrogens with zero attached hydrogens (tertiary/aromatic N) is 1. The van der Waals surface area contributed by atoms with Gasteiger partial charge in [0.1, 0.15) is 5.82 Å². The summed E-state index contributed by atoms with van der Waals surface area (Å²) in [5.41, 5.74) is 1.62. The molecule has 122 valence electrons. The van der Waals surface area contributed by atoms with Gasteiger partial charge in [-0.15, -0.1) is 0 Å². The van der Waals surface area contributed by atoms with E-state index in [9.17, 15) is 9.18 Å². The van der Waals surface area contributed by atoms with Crippen molar-refractivity contribution in [2.45, 2.75) is 11.1 Å². The van der Waals surface area contributed by atoms with Gasteiger partial charge in [0.15, 0.2) is 10.9 Å². The number of carbonyl (C=O) groups excluding carboxylic acids is 1. The van der Waals surface area contributed by atoms with E-state index in [2.05, 4.69) is 10.3 Å². The first-order valence-corrected chi connectivity index (χ1v) is 8.50. The Balaban J connectivity index is 1.90. The van der Waals surface area contributed by atoms with Crippen LogP contribution in [0.25, 0.3) is 0 Å². The molecule has 6 heteroatoms. The normalized spacial score (nSPS) is 11.9. The minimum atomic E-state index is -0.427. The molecule has 0 fully saturated rings. The number of halogens is 1. The minimum Gasteiger partial charge on any atom is -0.445 e. The first-order chi connectivity index (χ1) is 11.7. The zero-order chi connectivity index (χ0) is 16.9. The Morgan fingerprint density at radius 1 is 1.08 bits per heavy atom. The van der Waals surface area contributed by atoms with Crippen LogP contribution in [-0.4, -0.2) is 17.1 Å². The summed E-state index contributed by atoms with van der Waals surface area (Å²) in [5.74, 6) is -0.420. The molecule has 1 amide bonds. The number of furan rings is 1. The van der Waals surface area contributed by atoms with E-state index < -0.39 is 6.04 Å². The largest absolute Gasteiger partial charge is 0.445 e. The molecular formula is C18H15FN2O2S. The number of aromatic nitrogens is 1. The lowest BCUT2D eigenvalue weighted by Gasteiger charge is -2.19. The number of amides is 1. The number of pyridine rings is 1. The fourth-order valence-electron chi connectivity index (χ4n) is 2.32. The van der Waals surface area contributed by atoms with E-state index in [1.165, 1.54) is 23.9 Å². The summed E-state index contributed by atoms with van der Waals surface area (Å²) in [6.07, 6.45) is 5.17. The SMILES string of the molecule is CSc1ccc(C(=O)NC(c2ccncc2)c2ccc(F)cc2)o1. The van der Waals surface area contributed by atoms with Crippen molar-refractivity contribution in [3.8, 4) is 0 Å². The highest BCUT2D eigenvalue weighted by Gasteiger charge is 2.20. The highest BCUT2D eigenvalue weighted by atomic mass is 32.2. The van der Waals surface area contributed by atoms with E-state index >= 15 is 0 Å². The summed E-state index contributed by atoms with van der Waals surface area (Å²) in [6, 6.07) is 12.6. The van der Waals surface area contributed by atoms with E-state index in [4.69, 9.17) is 4.42 Å². The van der Waals surface area contributed by atoms with Crippen LogP contribution in [0.1, 0.15) is 27.7 Å². The Morgan fingerprint density at radius 3 is 2.38 bits per heavy atom. The first kappa shape index (κ1) is 16.3. The lowest BCUT2D eigenvalue weighted by atomic mass is 9.99. The molecule has 1 aromatic carbocycles. The van der Waals surface area contributed by atoms with E-state index in [0.29, 0.717) is 5.09 Å². The Bertz CT molecular complexity index is 819. The summed E-state index contributed by atoms with van der Waals surface area (Å²) < 4.78 is 18.7. The zero-order valence-electron chi connectivity index (χ0n) is 12.9. The molecule has 0 bridgehead atoms. The summed E-state index contributed by atoms with van der Waals surface area (Å²) >= 11 is 1.42. The lowest BCUT2D eigenvalue weighted by molar-refractivity contribution is 0.0910. The maximum Gasteiger partial charge on any atom is 0.287 e. The van der Waals surface area contributed by atoms with Crippen molar-refractivity contribution in [1.82, 2.24) is 10.3 Å². The van der Waals surface area contributed by atoms with Crippen LogP contribution in [0, 0.1) is 5.82 Å². The number of hydrogen-bond acceptors (Lipinski definition) is 4. The smallest absolute Gasteiger partial charge is 0.287 e. The monoisotopic (exact) mass is 342 g/mol. The number of benzene rings is 1. The predicted octanol–water partition coefficient (Wildman–Crippen LogP) is 4.06. The van der Waals surface area contributed by atoms with Crippen LogP contribution in [-0.2, 0) is 0 Å². The lowest BCUT2D eigenvalue weighted by Crippen LogP contribution is -2.29. The third kappa shape index (κ3) is 3.65. The Hall–Kier alpha value is -2.60. The Labute approximate surface area is 143 Å². The molecule has 3 rings (SSSR count). The van der Waals surface area contributed by atoms with Crippen molar-refractivity contribution < 1.29 is 13.6 Å². The molecule has 0 radical (unpaired) electrons. The molecule has 0 spiro atoms. The number of hydrogen-bond donors (Lipinski definition) is 1. The fraction of sp³-hybridized carbons (Fsp3) is 0.111. The van der Waals surface area contributed by atoms with Gasteiger partial charge in [0, 0.05) is 12.4 Å². The summed E-state index contributed by atoms with van der Waals surface area (Å²) in [5, 5.41) is 3.60. The number of thioether (sulfide) groups is 1. The standard InChI is InChI=1S/C18H15FN2O2S/c1-24-16-7-6-15(23-16)18(22)21-17(13-8-10-20-11-9-13)12-2-4-14(19)5-3-12/h2-11,17H,1H3,(H,21,22). The van der Waals surface area contributed by atoms with Gasteiger partial charge in [-0.3, -0.25) is 9.78 Å². The van der Waals surface area contributed by atoms with Crippen molar-refractivity contribution in [1.29, 1.82) is 0 Å². The maximum atomic E-state index is 13.2. The summed E-state index contributed by atoms with van der Waals surface area (Å²) in [6.45, 7) is 0. The van der Waals surface area contributed by atoms with Gasteiger partial charge >= 0.3 is 0 Å². The third-order valence-electron chi connectivity index (χ3n) is 3.52. The van der Waals surface area contributed by atoms with E-state index in [0.717, 1.165) is 11.1 Å². The second-order valence-corrected chi connectivity index (χ2v) is 5.87. The van der Waals surface area contributed by atoms with Crippen LogP contribution < -0.4 is 5.32 Å². The molecule has 0 saturated heterocycles. The number of carbonyl (C=O) groups is 1. The van der Waals surface area contributed by atoms with E-state index in [1.54, 1.807) is 36.7 Å². The molecule has 0 aliphatic rings. The van der Waals surface area contributed by atoms with Gasteiger partial charge in [-0.05, 0) is 53.8 Å². The molecule has 1 atom stereocenters. The molecule has 1 N–H and O–H groups in total. The molecule has 0 saturated carbocycles. The molecule has 0 aliphatic heterocycles. The van der Waals surface area contributed by atoms with Gasteiger partial charge in [0.2, 0.25) is 0 Å². The third-order valence-corrected chi connectivity index (χ3v) is 4.15. The molecule has 24 heavy (non-hydrogen) atoms. The van der Waals surface area contributed by atoms with Crippen LogP contribution in [0.15, 0.2) is 70.4 Å². The zero-order valence-corrected chi connectivity index (χ0v) is 13.7. The number of nitrogens with one attached hydrogen (secondary N) is 1. The van der Waals surface area contributed by atoms with E-state index in [1.807, 2.05) is 18.4 Å². The van der Waals surface area contributed by atoms with Crippen LogP contribution in [0.4, 0.5) is 4.39 Å². The maximum absolute atomic E-state index is 13.2. The quantitative estimate of drug-likeness (QED) is 0.711. The number of rotatable bonds is 5. The van der Waals surface area contributed by atoms with Crippen molar-refractivity contribution in [3.05, 3.63) is 83.6 Å². The van der Waals surface area contributed by atoms with Gasteiger partial charge in [-0.2, -0.15) is 0 Å².